The van der Waals surface area contributed by atoms with E-state index >= 15 is 0 Å². The number of rotatable bonds is 2. The van der Waals surface area contributed by atoms with Crippen molar-refractivity contribution in [3.63, 3.8) is 0 Å². The molecular weight excluding hydrogens is 240 g/mol. The first-order valence-corrected chi connectivity index (χ1v) is 6.00. The molecule has 0 radical (unpaired) electrons. The molecule has 1 aliphatic heterocycles. The number of hydrogen-bond acceptors (Lipinski definition) is 4. The van der Waals surface area contributed by atoms with Gasteiger partial charge in [-0.2, -0.15) is 0 Å². The molecule has 1 saturated heterocycles. The van der Waals surface area contributed by atoms with Crippen LogP contribution >= 0.6 is 11.6 Å². The Labute approximate surface area is 105 Å². The molecule has 0 saturated carbocycles. The second kappa shape index (κ2) is 4.87. The number of hydrogen-bond donors (Lipinski definition) is 1. The summed E-state index contributed by atoms with van der Waals surface area (Å²) in [4.78, 5) is 21.9. The first-order chi connectivity index (χ1) is 8.06. The minimum absolute atomic E-state index is 0.0112. The fraction of sp³-hybridized carbons (Fsp3) is 0.545. The topological polar surface area (TPSA) is 58.1 Å². The molecule has 92 valence electrons. The second-order valence-electron chi connectivity index (χ2n) is 4.33. The van der Waals surface area contributed by atoms with Crippen LogP contribution in [0.1, 0.15) is 25.6 Å². The van der Waals surface area contributed by atoms with Gasteiger partial charge < -0.3 is 10.2 Å². The highest BCUT2D eigenvalue weighted by Gasteiger charge is 2.19. The van der Waals surface area contributed by atoms with Crippen LogP contribution < -0.4 is 10.2 Å². The largest absolute Gasteiger partial charge is 0.353 e. The summed E-state index contributed by atoms with van der Waals surface area (Å²) in [7, 11) is 0. The second-order valence-corrected chi connectivity index (χ2v) is 4.72. The van der Waals surface area contributed by atoms with Gasteiger partial charge in [0.25, 0.3) is 0 Å². The predicted molar refractivity (Wildman–Crippen MR) is 66.4 cm³/mol. The molecule has 1 aromatic heterocycles. The molecule has 17 heavy (non-hydrogen) atoms. The molecule has 1 aromatic rings. The number of halogens is 1. The zero-order chi connectivity index (χ0) is 12.4. The van der Waals surface area contributed by atoms with Gasteiger partial charge in [0.05, 0.1) is 6.54 Å². The molecule has 2 rings (SSSR count). The van der Waals surface area contributed by atoms with Gasteiger partial charge in [-0.25, -0.2) is 9.97 Å². The molecule has 0 unspecified atom stereocenters. The van der Waals surface area contributed by atoms with Crippen molar-refractivity contribution in [3.05, 3.63) is 17.0 Å². The molecule has 6 heteroatoms. The normalized spacial score (nSPS) is 16.2. The van der Waals surface area contributed by atoms with Gasteiger partial charge in [-0.05, 0) is 0 Å². The van der Waals surface area contributed by atoms with E-state index in [0.717, 1.165) is 12.4 Å². The van der Waals surface area contributed by atoms with Crippen LogP contribution in [0.5, 0.6) is 0 Å². The summed E-state index contributed by atoms with van der Waals surface area (Å²) in [5, 5.41) is 3.20. The highest BCUT2D eigenvalue weighted by Crippen LogP contribution is 2.20. The molecule has 1 fully saturated rings. The third kappa shape index (κ3) is 2.85. The van der Waals surface area contributed by atoms with E-state index in [2.05, 4.69) is 15.3 Å². The lowest BCUT2D eigenvalue weighted by atomic mass is 10.2. The van der Waals surface area contributed by atoms with Gasteiger partial charge in [0, 0.05) is 25.1 Å². The van der Waals surface area contributed by atoms with Gasteiger partial charge in [-0.15, -0.1) is 0 Å². The number of anilines is 1. The van der Waals surface area contributed by atoms with Gasteiger partial charge >= 0.3 is 0 Å². The number of piperazine rings is 1. The zero-order valence-electron chi connectivity index (χ0n) is 9.90. The number of nitrogens with one attached hydrogen (secondary N) is 1. The third-order valence-electron chi connectivity index (χ3n) is 2.58. The zero-order valence-corrected chi connectivity index (χ0v) is 10.7. The number of carbonyl (C=O) groups is 1. The molecule has 2 heterocycles. The maximum absolute atomic E-state index is 11.3. The van der Waals surface area contributed by atoms with Crippen LogP contribution in [-0.4, -0.2) is 35.5 Å². The monoisotopic (exact) mass is 254 g/mol. The summed E-state index contributed by atoms with van der Waals surface area (Å²) in [6.45, 7) is 5.73. The summed E-state index contributed by atoms with van der Waals surface area (Å²) in [5.74, 6) is 1.66. The summed E-state index contributed by atoms with van der Waals surface area (Å²) in [6.07, 6.45) is 0. The Bertz CT molecular complexity index is 435. The lowest BCUT2D eigenvalue weighted by molar-refractivity contribution is -0.120. The van der Waals surface area contributed by atoms with Crippen LogP contribution in [0.2, 0.25) is 5.15 Å². The first-order valence-electron chi connectivity index (χ1n) is 5.62. The molecular formula is C11H15ClN4O. The molecule has 1 amide bonds. The highest BCUT2D eigenvalue weighted by molar-refractivity contribution is 6.29. The number of amides is 1. The smallest absolute Gasteiger partial charge is 0.239 e. The van der Waals surface area contributed by atoms with Crippen molar-refractivity contribution in [2.45, 2.75) is 19.8 Å². The van der Waals surface area contributed by atoms with Crippen molar-refractivity contribution in [2.24, 2.45) is 0 Å². The number of nitrogens with zero attached hydrogens (tertiary/aromatic N) is 3. The van der Waals surface area contributed by atoms with Crippen LogP contribution in [-0.2, 0) is 4.79 Å². The van der Waals surface area contributed by atoms with Gasteiger partial charge in [0.15, 0.2) is 0 Å². The maximum atomic E-state index is 11.3. The van der Waals surface area contributed by atoms with E-state index in [1.54, 1.807) is 6.07 Å². The molecule has 0 spiro atoms. The minimum atomic E-state index is 0.0112. The molecule has 0 atom stereocenters. The van der Waals surface area contributed by atoms with Crippen molar-refractivity contribution in [3.8, 4) is 0 Å². The summed E-state index contributed by atoms with van der Waals surface area (Å²) >= 11 is 5.97. The molecule has 1 N–H and O–H groups in total. The number of carbonyl (C=O) groups excluding carboxylic acids is 1. The summed E-state index contributed by atoms with van der Waals surface area (Å²) in [6, 6.07) is 1.70. The van der Waals surface area contributed by atoms with Gasteiger partial charge in [0.2, 0.25) is 5.91 Å². The van der Waals surface area contributed by atoms with E-state index in [1.807, 2.05) is 18.7 Å². The fourth-order valence-corrected chi connectivity index (χ4v) is 1.86. The Hall–Kier alpha value is -1.36. The SMILES string of the molecule is CC(C)c1nc(Cl)cc(N2CCNC(=O)C2)n1. The van der Waals surface area contributed by atoms with Crippen molar-refractivity contribution in [2.75, 3.05) is 24.5 Å². The van der Waals surface area contributed by atoms with Crippen LogP contribution in [0, 0.1) is 0 Å². The van der Waals surface area contributed by atoms with E-state index in [0.29, 0.717) is 24.1 Å². The standard InChI is InChI=1S/C11H15ClN4O/c1-7(2)11-14-8(12)5-9(15-11)16-4-3-13-10(17)6-16/h5,7H,3-4,6H2,1-2H3,(H,13,17). The first kappa shape index (κ1) is 12.1. The Balaban J connectivity index is 2.28. The fourth-order valence-electron chi connectivity index (χ4n) is 1.68. The van der Waals surface area contributed by atoms with Gasteiger partial charge in [-0.3, -0.25) is 4.79 Å². The Morgan fingerprint density at radius 2 is 2.24 bits per heavy atom. The van der Waals surface area contributed by atoms with Crippen LogP contribution in [0.4, 0.5) is 5.82 Å². The third-order valence-corrected chi connectivity index (χ3v) is 2.77. The van der Waals surface area contributed by atoms with E-state index < -0.39 is 0 Å². The lowest BCUT2D eigenvalue weighted by Gasteiger charge is -2.28. The van der Waals surface area contributed by atoms with Crippen molar-refractivity contribution in [1.82, 2.24) is 15.3 Å². The van der Waals surface area contributed by atoms with Gasteiger partial charge in [0.1, 0.15) is 16.8 Å². The average molecular weight is 255 g/mol. The van der Waals surface area contributed by atoms with Gasteiger partial charge in [-0.1, -0.05) is 25.4 Å². The highest BCUT2D eigenvalue weighted by atomic mass is 35.5. The molecule has 0 aliphatic carbocycles. The van der Waals surface area contributed by atoms with Crippen LogP contribution in [0.15, 0.2) is 6.07 Å². The van der Waals surface area contributed by atoms with E-state index in [4.69, 9.17) is 11.6 Å². The van der Waals surface area contributed by atoms with Crippen LogP contribution in [0.3, 0.4) is 0 Å². The number of aromatic nitrogens is 2. The van der Waals surface area contributed by atoms with Crippen molar-refractivity contribution in [1.29, 1.82) is 0 Å². The summed E-state index contributed by atoms with van der Waals surface area (Å²) in [5.41, 5.74) is 0. The maximum Gasteiger partial charge on any atom is 0.239 e. The van der Waals surface area contributed by atoms with Crippen molar-refractivity contribution < 1.29 is 4.79 Å². The van der Waals surface area contributed by atoms with Crippen molar-refractivity contribution >= 4 is 23.3 Å². The summed E-state index contributed by atoms with van der Waals surface area (Å²) < 4.78 is 0. The molecule has 1 aliphatic rings. The predicted octanol–water partition coefficient (Wildman–Crippen LogP) is 1.19. The quantitative estimate of drug-likeness (QED) is 0.806. The van der Waals surface area contributed by atoms with E-state index in [-0.39, 0.29) is 11.8 Å². The minimum Gasteiger partial charge on any atom is -0.353 e. The average Bonchev–Trinajstić information content (AvgIpc) is 2.28. The Morgan fingerprint density at radius 3 is 2.88 bits per heavy atom. The van der Waals surface area contributed by atoms with E-state index in [1.165, 1.54) is 0 Å². The Kier molecular flexibility index (Phi) is 3.47. The molecule has 0 aromatic carbocycles. The van der Waals surface area contributed by atoms with Crippen LogP contribution in [0.25, 0.3) is 0 Å². The Morgan fingerprint density at radius 1 is 1.47 bits per heavy atom. The molecule has 5 nitrogen and oxygen atoms in total. The van der Waals surface area contributed by atoms with E-state index in [9.17, 15) is 4.79 Å². The lowest BCUT2D eigenvalue weighted by Crippen LogP contribution is -2.48. The molecule has 0 bridgehead atoms.